The van der Waals surface area contributed by atoms with Gasteiger partial charge in [0.2, 0.25) is 0 Å². The van der Waals surface area contributed by atoms with E-state index < -0.39 is 0 Å². The number of anilines is 1. The summed E-state index contributed by atoms with van der Waals surface area (Å²) in [6.07, 6.45) is 11.1. The fraction of sp³-hybridized carbons (Fsp3) is 0.500. The number of allylic oxidation sites excluding steroid dienone is 1. The van der Waals surface area contributed by atoms with E-state index in [1.165, 1.54) is 61.2 Å². The molecule has 1 fully saturated rings. The van der Waals surface area contributed by atoms with Crippen molar-refractivity contribution in [3.63, 3.8) is 0 Å². The summed E-state index contributed by atoms with van der Waals surface area (Å²) in [6.45, 7) is 8.21. The van der Waals surface area contributed by atoms with E-state index in [1.54, 1.807) is 10.4 Å². The lowest BCUT2D eigenvalue weighted by molar-refractivity contribution is 0.371. The van der Waals surface area contributed by atoms with E-state index in [0.717, 1.165) is 0 Å². The first-order valence-electron chi connectivity index (χ1n) is 7.02. The van der Waals surface area contributed by atoms with Crippen LogP contribution in [-0.4, -0.2) is 0 Å². The Balaban J connectivity index is 1.84. The zero-order chi connectivity index (χ0) is 12.5. The van der Waals surface area contributed by atoms with Gasteiger partial charge < -0.3 is 5.32 Å². The quantitative estimate of drug-likeness (QED) is 0.802. The minimum atomic E-state index is 0.696. The van der Waals surface area contributed by atoms with Crippen molar-refractivity contribution in [1.82, 2.24) is 0 Å². The molecular weight excluding hydrogens is 238 g/mol. The third-order valence-electron chi connectivity index (χ3n) is 4.29. The van der Waals surface area contributed by atoms with Crippen molar-refractivity contribution in [2.45, 2.75) is 44.9 Å². The van der Waals surface area contributed by atoms with Crippen LogP contribution in [0.2, 0.25) is 0 Å². The van der Waals surface area contributed by atoms with Crippen LogP contribution in [0.5, 0.6) is 0 Å². The number of rotatable bonds is 4. The summed E-state index contributed by atoms with van der Waals surface area (Å²) < 4.78 is 0. The molecule has 0 amide bonds. The van der Waals surface area contributed by atoms with E-state index in [1.807, 2.05) is 17.4 Å². The largest absolute Gasteiger partial charge is 0.350 e. The number of fused-ring (bicyclic) bond motifs is 1. The first-order chi connectivity index (χ1) is 8.79. The fourth-order valence-corrected chi connectivity index (χ4v) is 4.23. The van der Waals surface area contributed by atoms with Crippen LogP contribution in [-0.2, 0) is 12.8 Å². The summed E-state index contributed by atoms with van der Waals surface area (Å²) in [5, 5.41) is 4.86. The van der Waals surface area contributed by atoms with Gasteiger partial charge in [0.05, 0.1) is 0 Å². The molecule has 1 aromatic rings. The van der Waals surface area contributed by atoms with Crippen LogP contribution in [0.4, 0.5) is 5.00 Å². The molecule has 0 radical (unpaired) electrons. The highest BCUT2D eigenvalue weighted by molar-refractivity contribution is 7.16. The summed E-state index contributed by atoms with van der Waals surface area (Å²) in [6, 6.07) is 0. The molecule has 1 nitrogen and oxygen atoms in total. The molecule has 0 bridgehead atoms. The highest BCUT2D eigenvalue weighted by atomic mass is 32.1. The van der Waals surface area contributed by atoms with Gasteiger partial charge in [-0.2, -0.15) is 0 Å². The molecule has 18 heavy (non-hydrogen) atoms. The molecule has 96 valence electrons. The van der Waals surface area contributed by atoms with Crippen molar-refractivity contribution in [3.05, 3.63) is 34.9 Å². The molecule has 2 aliphatic carbocycles. The average molecular weight is 259 g/mol. The monoisotopic (exact) mass is 259 g/mol. The minimum absolute atomic E-state index is 0.696. The zero-order valence-corrected chi connectivity index (χ0v) is 11.7. The molecule has 1 N–H and O–H groups in total. The second-order valence-electron chi connectivity index (χ2n) is 5.44. The van der Waals surface area contributed by atoms with Gasteiger partial charge in [0.15, 0.2) is 0 Å². The number of thiophene rings is 1. The van der Waals surface area contributed by atoms with Gasteiger partial charge >= 0.3 is 0 Å². The van der Waals surface area contributed by atoms with Gasteiger partial charge in [-0.3, -0.25) is 0 Å². The Morgan fingerprint density at radius 1 is 1.22 bits per heavy atom. The van der Waals surface area contributed by atoms with Gasteiger partial charge in [-0.25, -0.2) is 0 Å². The maximum atomic E-state index is 4.21. The molecule has 1 aromatic heterocycles. The molecule has 2 aliphatic rings. The molecule has 2 heteroatoms. The van der Waals surface area contributed by atoms with Crippen molar-refractivity contribution in [2.75, 3.05) is 5.32 Å². The standard InChI is InChI=1S/C16H21NS/c1-3-13-14-9-4-5-10-15(14)18-16(13)17-11(2)12-7-6-8-12/h3,12,17H,1-2,4-10H2. The Hall–Kier alpha value is -1.02. The molecule has 0 aromatic carbocycles. The Bertz CT molecular complexity index is 480. The molecular formula is C16H21NS. The molecule has 0 unspecified atom stereocenters. The maximum Gasteiger partial charge on any atom is 0.100 e. The summed E-state index contributed by atoms with van der Waals surface area (Å²) >= 11 is 1.92. The molecule has 0 saturated heterocycles. The lowest BCUT2D eigenvalue weighted by Gasteiger charge is -2.28. The van der Waals surface area contributed by atoms with Crippen LogP contribution in [0.1, 0.15) is 48.1 Å². The first kappa shape index (κ1) is 12.0. The Labute approximate surface area is 114 Å². The lowest BCUT2D eigenvalue weighted by Crippen LogP contribution is -2.18. The van der Waals surface area contributed by atoms with Crippen LogP contribution in [0.3, 0.4) is 0 Å². The number of hydrogen-bond donors (Lipinski definition) is 1. The number of nitrogens with one attached hydrogen (secondary N) is 1. The predicted molar refractivity (Wildman–Crippen MR) is 81.2 cm³/mol. The molecule has 3 rings (SSSR count). The molecule has 0 atom stereocenters. The van der Waals surface area contributed by atoms with Crippen molar-refractivity contribution in [2.24, 2.45) is 5.92 Å². The average Bonchev–Trinajstić information content (AvgIpc) is 2.63. The predicted octanol–water partition coefficient (Wildman–Crippen LogP) is 5.00. The summed E-state index contributed by atoms with van der Waals surface area (Å²) in [5.74, 6) is 0.696. The summed E-state index contributed by atoms with van der Waals surface area (Å²) in [4.78, 5) is 1.57. The summed E-state index contributed by atoms with van der Waals surface area (Å²) in [7, 11) is 0. The van der Waals surface area contributed by atoms with Gasteiger partial charge in [0, 0.05) is 16.1 Å². The fourth-order valence-electron chi connectivity index (χ4n) is 2.90. The third-order valence-corrected chi connectivity index (χ3v) is 5.51. The normalized spacial score (nSPS) is 18.9. The highest BCUT2D eigenvalue weighted by Crippen LogP contribution is 2.41. The zero-order valence-electron chi connectivity index (χ0n) is 10.9. The van der Waals surface area contributed by atoms with Crippen LogP contribution in [0.15, 0.2) is 18.9 Å². The van der Waals surface area contributed by atoms with Gasteiger partial charge in [-0.05, 0) is 50.0 Å². The van der Waals surface area contributed by atoms with E-state index in [2.05, 4.69) is 18.5 Å². The van der Waals surface area contributed by atoms with E-state index in [-0.39, 0.29) is 0 Å². The van der Waals surface area contributed by atoms with E-state index in [9.17, 15) is 0 Å². The topological polar surface area (TPSA) is 12.0 Å². The Kier molecular flexibility index (Phi) is 3.29. The van der Waals surface area contributed by atoms with E-state index in [0.29, 0.717) is 5.92 Å². The smallest absolute Gasteiger partial charge is 0.100 e. The number of hydrogen-bond acceptors (Lipinski definition) is 2. The van der Waals surface area contributed by atoms with Gasteiger partial charge in [0.25, 0.3) is 0 Å². The van der Waals surface area contributed by atoms with Crippen molar-refractivity contribution in [3.8, 4) is 0 Å². The van der Waals surface area contributed by atoms with Gasteiger partial charge in [-0.15, -0.1) is 11.3 Å². The molecule has 1 heterocycles. The highest BCUT2D eigenvalue weighted by Gasteiger charge is 2.23. The second-order valence-corrected chi connectivity index (χ2v) is 6.54. The molecule has 0 aliphatic heterocycles. The van der Waals surface area contributed by atoms with E-state index in [4.69, 9.17) is 0 Å². The number of aryl methyl sites for hydroxylation is 1. The lowest BCUT2D eigenvalue weighted by atomic mass is 9.83. The SMILES string of the molecule is C=Cc1c(NC(=C)C2CCC2)sc2c1CCCC2. The third kappa shape index (κ3) is 2.03. The first-order valence-corrected chi connectivity index (χ1v) is 7.84. The Morgan fingerprint density at radius 3 is 2.67 bits per heavy atom. The van der Waals surface area contributed by atoms with Crippen molar-refractivity contribution in [1.29, 1.82) is 0 Å². The summed E-state index contributed by atoms with van der Waals surface area (Å²) in [5.41, 5.74) is 4.10. The van der Waals surface area contributed by atoms with E-state index >= 15 is 0 Å². The van der Waals surface area contributed by atoms with Crippen LogP contribution in [0, 0.1) is 5.92 Å². The van der Waals surface area contributed by atoms with Crippen LogP contribution in [0.25, 0.3) is 6.08 Å². The van der Waals surface area contributed by atoms with Crippen molar-refractivity contribution < 1.29 is 0 Å². The molecule has 1 saturated carbocycles. The van der Waals surface area contributed by atoms with Gasteiger partial charge in [-0.1, -0.05) is 25.7 Å². The van der Waals surface area contributed by atoms with Crippen LogP contribution >= 0.6 is 11.3 Å². The van der Waals surface area contributed by atoms with Gasteiger partial charge in [0.1, 0.15) is 5.00 Å². The molecule has 0 spiro atoms. The Morgan fingerprint density at radius 2 is 2.00 bits per heavy atom. The van der Waals surface area contributed by atoms with Crippen LogP contribution < -0.4 is 5.32 Å². The minimum Gasteiger partial charge on any atom is -0.350 e. The van der Waals surface area contributed by atoms with Crippen molar-refractivity contribution >= 4 is 22.4 Å². The maximum absolute atomic E-state index is 4.21. The second kappa shape index (κ2) is 4.93.